The monoisotopic (exact) mass is 774 g/mol. The molecule has 2 saturated heterocycles. The maximum Gasteiger partial charge on any atom is 0.186 e. The van der Waals surface area contributed by atoms with Gasteiger partial charge in [0.2, 0.25) is 0 Å². The first kappa shape index (κ1) is 43.0. The summed E-state index contributed by atoms with van der Waals surface area (Å²) >= 11 is 0. The molecular weight excluding hydrogens is 704 g/mol. The molecule has 4 aliphatic carbocycles. The second kappa shape index (κ2) is 18.1. The zero-order valence-electron chi connectivity index (χ0n) is 32.7. The van der Waals surface area contributed by atoms with E-state index in [-0.39, 0.29) is 49.7 Å². The molecule has 54 heavy (non-hydrogen) atoms. The molecule has 0 radical (unpaired) electrons. The summed E-state index contributed by atoms with van der Waals surface area (Å²) in [6.45, 7) is 8.87. The normalized spacial score (nSPS) is 49.9. The predicted octanol–water partition coefficient (Wildman–Crippen LogP) is 1.09. The molecule has 20 atom stereocenters. The Hall–Kier alpha value is -0.560. The Labute approximate surface area is 320 Å². The van der Waals surface area contributed by atoms with Gasteiger partial charge in [0, 0.05) is 5.41 Å². The Morgan fingerprint density at radius 2 is 1.39 bits per heavy atom. The maximum atomic E-state index is 10.5. The lowest BCUT2D eigenvalue weighted by Gasteiger charge is -2.64. The Balaban J connectivity index is 1.18. The number of aliphatic hydroxyl groups is 8. The lowest BCUT2D eigenvalue weighted by Crippen LogP contribution is -2.62. The summed E-state index contributed by atoms with van der Waals surface area (Å²) in [6, 6.07) is 0. The lowest BCUT2D eigenvalue weighted by atomic mass is 9.43. The van der Waals surface area contributed by atoms with Crippen LogP contribution in [-0.2, 0) is 28.4 Å². The highest BCUT2D eigenvalue weighted by Gasteiger charge is 2.66. The molecule has 0 spiro atoms. The van der Waals surface area contributed by atoms with Crippen LogP contribution in [-0.4, -0.2) is 154 Å². The van der Waals surface area contributed by atoms with E-state index in [2.05, 4.69) is 27.7 Å². The van der Waals surface area contributed by atoms with E-state index in [1.807, 2.05) is 0 Å². The van der Waals surface area contributed by atoms with Crippen LogP contribution in [0.3, 0.4) is 0 Å². The van der Waals surface area contributed by atoms with Crippen molar-refractivity contribution in [2.24, 2.45) is 46.3 Å². The number of fused-ring (bicyclic) bond motifs is 5. The molecule has 0 amide bonds. The Bertz CT molecular complexity index is 1180. The van der Waals surface area contributed by atoms with Gasteiger partial charge in [-0.1, -0.05) is 53.4 Å². The Morgan fingerprint density at radius 1 is 0.722 bits per heavy atom. The molecule has 2 heterocycles. The number of ether oxygens (including phenoxy) is 6. The van der Waals surface area contributed by atoms with E-state index < -0.39 is 74.4 Å². The van der Waals surface area contributed by atoms with Gasteiger partial charge in [0.1, 0.15) is 61.7 Å². The van der Waals surface area contributed by atoms with Gasteiger partial charge < -0.3 is 69.3 Å². The average molecular weight is 775 g/mol. The third kappa shape index (κ3) is 8.06. The van der Waals surface area contributed by atoms with Gasteiger partial charge in [0.25, 0.3) is 0 Å². The summed E-state index contributed by atoms with van der Waals surface area (Å²) in [6.07, 6.45) is -1.78. The third-order valence-corrected chi connectivity index (χ3v) is 15.3. The van der Waals surface area contributed by atoms with Crippen LogP contribution in [0.1, 0.15) is 91.9 Å². The summed E-state index contributed by atoms with van der Waals surface area (Å²) in [5.41, 5.74) is 0.0123. The van der Waals surface area contributed by atoms with E-state index in [4.69, 9.17) is 28.4 Å². The van der Waals surface area contributed by atoms with Gasteiger partial charge >= 0.3 is 0 Å². The SMILES string of the molecule is CCC[C@@H](C)[C@H]1CC[C@H]2[C@@H]3[C@H](OCOC[C@@H]4OC(CO)[C@@H](O)[C@H](O)C4O)C[C@@H]4CCCC[C@]4(C)[C@H]3C[C@H](OCCO[C@@H]3OC(CO)[C@@H](O)[C@H](O)C3O)[C@]12C. The smallest absolute Gasteiger partial charge is 0.186 e. The first-order valence-electron chi connectivity index (χ1n) is 20.8. The van der Waals surface area contributed by atoms with Crippen LogP contribution in [0.25, 0.3) is 0 Å². The fraction of sp³-hybridized carbons (Fsp3) is 1.00. The molecule has 0 bridgehead atoms. The molecule has 6 rings (SSSR count). The molecule has 4 saturated carbocycles. The zero-order valence-corrected chi connectivity index (χ0v) is 32.7. The second-order valence-electron chi connectivity index (χ2n) is 18.0. The molecule has 314 valence electrons. The molecule has 6 fully saturated rings. The Kier molecular flexibility index (Phi) is 14.5. The second-order valence-corrected chi connectivity index (χ2v) is 18.0. The van der Waals surface area contributed by atoms with Gasteiger partial charge in [-0.2, -0.15) is 0 Å². The quantitative estimate of drug-likeness (QED) is 0.0864. The molecule has 0 aromatic rings. The van der Waals surface area contributed by atoms with Crippen LogP contribution in [0.15, 0.2) is 0 Å². The van der Waals surface area contributed by atoms with Crippen LogP contribution in [0.4, 0.5) is 0 Å². The van der Waals surface area contributed by atoms with Crippen molar-refractivity contribution in [3.05, 3.63) is 0 Å². The molecule has 4 unspecified atom stereocenters. The van der Waals surface area contributed by atoms with Crippen molar-refractivity contribution in [1.29, 1.82) is 0 Å². The maximum absolute atomic E-state index is 10.5. The lowest BCUT2D eigenvalue weighted by molar-refractivity contribution is -0.304. The molecule has 6 aliphatic rings. The molecule has 0 aromatic heterocycles. The fourth-order valence-electron chi connectivity index (χ4n) is 12.4. The minimum absolute atomic E-state index is 0.000656. The van der Waals surface area contributed by atoms with Crippen molar-refractivity contribution < 1.29 is 69.3 Å². The molecule has 14 nitrogen and oxygen atoms in total. The summed E-state index contributed by atoms with van der Waals surface area (Å²) in [7, 11) is 0. The van der Waals surface area contributed by atoms with Gasteiger partial charge in [0.05, 0.1) is 45.2 Å². The highest BCUT2D eigenvalue weighted by molar-refractivity contribution is 5.14. The van der Waals surface area contributed by atoms with E-state index in [0.29, 0.717) is 35.5 Å². The Morgan fingerprint density at radius 3 is 2.09 bits per heavy atom. The van der Waals surface area contributed by atoms with E-state index in [1.165, 1.54) is 19.3 Å². The van der Waals surface area contributed by atoms with E-state index >= 15 is 0 Å². The molecule has 14 heteroatoms. The predicted molar refractivity (Wildman–Crippen MR) is 194 cm³/mol. The van der Waals surface area contributed by atoms with Crippen LogP contribution in [0.5, 0.6) is 0 Å². The molecule has 2 aliphatic heterocycles. The van der Waals surface area contributed by atoms with Crippen molar-refractivity contribution in [2.75, 3.05) is 39.8 Å². The standard InChI is InChI=1S/C40H70O14/c1-5-8-21(2)23-10-11-24-31-25(16-30(40(23,24)4)50-13-14-51-38-37(48)36(47)33(44)28(18-42)54-38)39(3)12-7-6-9-22(39)15-26(31)52-20-49-19-29-34(45)35(46)32(43)27(17-41)53-29/h21-38,41-48H,5-20H2,1-4H3/t21-,22+,23-,24+,25+,26-,27?,28?,29+,30+,31+,32-,33-,34?,35+,36+,37?,38-,39+,40-/m1/s1. The average Bonchev–Trinajstić information content (AvgIpc) is 3.52. The number of aliphatic hydroxyl groups excluding tert-OH is 8. The molecule has 0 aromatic carbocycles. The highest BCUT2D eigenvalue weighted by Crippen LogP contribution is 2.69. The molecular formula is C40H70O14. The number of hydrogen-bond acceptors (Lipinski definition) is 14. The van der Waals surface area contributed by atoms with Crippen molar-refractivity contribution in [1.82, 2.24) is 0 Å². The fourth-order valence-corrected chi connectivity index (χ4v) is 12.4. The van der Waals surface area contributed by atoms with Gasteiger partial charge in [-0.3, -0.25) is 0 Å². The zero-order chi connectivity index (χ0) is 38.9. The van der Waals surface area contributed by atoms with E-state index in [0.717, 1.165) is 44.9 Å². The van der Waals surface area contributed by atoms with Gasteiger partial charge in [0.15, 0.2) is 6.29 Å². The van der Waals surface area contributed by atoms with Crippen molar-refractivity contribution >= 4 is 0 Å². The minimum atomic E-state index is -1.50. The summed E-state index contributed by atoms with van der Waals surface area (Å²) in [4.78, 5) is 0. The van der Waals surface area contributed by atoms with Crippen molar-refractivity contribution in [3.8, 4) is 0 Å². The van der Waals surface area contributed by atoms with Gasteiger partial charge in [-0.15, -0.1) is 0 Å². The summed E-state index contributed by atoms with van der Waals surface area (Å²) in [5, 5.41) is 81.2. The summed E-state index contributed by atoms with van der Waals surface area (Å²) in [5.74, 6) is 2.49. The van der Waals surface area contributed by atoms with E-state index in [9.17, 15) is 40.9 Å². The first-order valence-corrected chi connectivity index (χ1v) is 20.8. The van der Waals surface area contributed by atoms with Crippen LogP contribution >= 0.6 is 0 Å². The summed E-state index contributed by atoms with van der Waals surface area (Å²) < 4.78 is 36.7. The topological polar surface area (TPSA) is 217 Å². The minimum Gasteiger partial charge on any atom is -0.394 e. The van der Waals surface area contributed by atoms with Crippen LogP contribution in [0, 0.1) is 46.3 Å². The van der Waals surface area contributed by atoms with Crippen molar-refractivity contribution in [2.45, 2.75) is 165 Å². The highest BCUT2D eigenvalue weighted by atomic mass is 16.7. The van der Waals surface area contributed by atoms with Gasteiger partial charge in [-0.25, -0.2) is 0 Å². The van der Waals surface area contributed by atoms with E-state index in [1.54, 1.807) is 0 Å². The molecule has 8 N–H and O–H groups in total. The van der Waals surface area contributed by atoms with Crippen LogP contribution < -0.4 is 0 Å². The van der Waals surface area contributed by atoms with Crippen molar-refractivity contribution in [3.63, 3.8) is 0 Å². The first-order chi connectivity index (χ1) is 25.8. The van der Waals surface area contributed by atoms with Gasteiger partial charge in [-0.05, 0) is 79.4 Å². The number of hydrogen-bond donors (Lipinski definition) is 8. The largest absolute Gasteiger partial charge is 0.394 e. The van der Waals surface area contributed by atoms with Crippen LogP contribution in [0.2, 0.25) is 0 Å². The number of rotatable bonds is 15. The third-order valence-electron chi connectivity index (χ3n) is 15.3.